The van der Waals surface area contributed by atoms with Crippen LogP contribution in [0.5, 0.6) is 5.75 Å². The molecule has 4 rings (SSSR count). The molecule has 2 unspecified atom stereocenters. The summed E-state index contributed by atoms with van der Waals surface area (Å²) in [5.74, 6) is 2.97. The Hall–Kier alpha value is -2.87. The second kappa shape index (κ2) is 24.4. The Kier molecular flexibility index (Phi) is 22.1. The Morgan fingerprint density at radius 3 is 2.10 bits per heavy atom. The maximum atomic E-state index is 14.8. The van der Waals surface area contributed by atoms with Crippen molar-refractivity contribution in [1.82, 2.24) is 5.32 Å². The summed E-state index contributed by atoms with van der Waals surface area (Å²) < 4.78 is 29.0. The van der Waals surface area contributed by atoms with Crippen molar-refractivity contribution >= 4 is 30.4 Å². The number of carbonyl (C=O) groups excluding carboxylic acids is 2. The second-order valence-corrected chi connectivity index (χ2v) is 15.9. The molecule has 3 N–H and O–H groups in total. The summed E-state index contributed by atoms with van der Waals surface area (Å²) in [5.41, 5.74) is 8.22. The van der Waals surface area contributed by atoms with Gasteiger partial charge in [0.1, 0.15) is 11.6 Å². The summed E-state index contributed by atoms with van der Waals surface area (Å²) in [5, 5.41) is 2.68. The Morgan fingerprint density at radius 1 is 1.06 bits per heavy atom. The Balaban J connectivity index is 0.000000469. The molecule has 2 atom stereocenters. The van der Waals surface area contributed by atoms with Crippen LogP contribution in [-0.2, 0) is 28.5 Å². The monoisotopic (exact) mass is 728 g/mol. The van der Waals surface area contributed by atoms with Gasteiger partial charge in [0.2, 0.25) is 11.8 Å². The lowest BCUT2D eigenvalue weighted by Crippen LogP contribution is -2.34. The standard InChI is InChI=1S/C24H30FNO2.C12H23NO.C7H16.OS/c1-3-8-22(25)20(17-9-6-10-17)16-21-18(15-24(27)26-2)11-7-14-23(21)28-19-12-4-5-13-19;1-9(2)7-10(11(13)14)8-12(3)5-4-6-12;1-5-7(4)6(2)3;1-2/h3,7-8,11,14,16-17,19H,1,4-6,9-10,12-13,15H2,2H3,(H,26,27);9-10H,4-8H2,1-3H3,(H2,13,14);6-7H,5H2,1-4H3;/b20-16+,22-8+;;;. The third-order valence-electron chi connectivity index (χ3n) is 11.0. The van der Waals surface area contributed by atoms with E-state index in [1.54, 1.807) is 7.05 Å². The lowest BCUT2D eigenvalue weighted by atomic mass is 9.65. The quantitative estimate of drug-likeness (QED) is 0.175. The van der Waals surface area contributed by atoms with E-state index in [-0.39, 0.29) is 42.0 Å². The molecule has 3 aliphatic rings. The van der Waals surface area contributed by atoms with Crippen LogP contribution in [0.2, 0.25) is 0 Å². The van der Waals surface area contributed by atoms with Gasteiger partial charge < -0.3 is 15.8 Å². The van der Waals surface area contributed by atoms with Crippen molar-refractivity contribution in [1.29, 1.82) is 0 Å². The molecule has 1 aromatic rings. The highest BCUT2D eigenvalue weighted by molar-refractivity contribution is 7.44. The van der Waals surface area contributed by atoms with Gasteiger partial charge in [0.25, 0.3) is 0 Å². The molecule has 0 bridgehead atoms. The van der Waals surface area contributed by atoms with Crippen LogP contribution < -0.4 is 15.8 Å². The molecule has 6 nitrogen and oxygen atoms in total. The van der Waals surface area contributed by atoms with Crippen LogP contribution in [0, 0.1) is 35.0 Å². The fourth-order valence-electron chi connectivity index (χ4n) is 6.83. The van der Waals surface area contributed by atoms with E-state index in [2.05, 4.69) is 72.9 Å². The molecule has 8 heteroatoms. The molecule has 0 radical (unpaired) electrons. The lowest BCUT2D eigenvalue weighted by molar-refractivity contribution is -0.124. The normalized spacial score (nSPS) is 18.3. The van der Waals surface area contributed by atoms with Crippen LogP contribution in [0.1, 0.15) is 143 Å². The minimum absolute atomic E-state index is 0.0695. The summed E-state index contributed by atoms with van der Waals surface area (Å²) in [4.78, 5) is 23.3. The zero-order valence-corrected chi connectivity index (χ0v) is 33.8. The summed E-state index contributed by atoms with van der Waals surface area (Å²) in [6.45, 7) is 19.3. The molecule has 3 aliphatic carbocycles. The molecule has 0 spiro atoms. The lowest BCUT2D eigenvalue weighted by Gasteiger charge is -2.40. The Morgan fingerprint density at radius 2 is 1.69 bits per heavy atom. The SMILES string of the molecule is C=C/C=C(F)\C(=C\c1c(CC(=O)NC)cccc1OC1CCCC1)C1CCC1.CC(C)CC(CC1(C)CCC1)C(N)=O.CCC(C)C(C)C.O=S. The van der Waals surface area contributed by atoms with E-state index in [1.165, 1.54) is 50.7 Å². The fraction of sp³-hybridized carbons (Fsp3) is 0.674. The summed E-state index contributed by atoms with van der Waals surface area (Å²) in [7, 11) is 1.63. The zero-order valence-electron chi connectivity index (χ0n) is 33.0. The maximum Gasteiger partial charge on any atom is 0.224 e. The van der Waals surface area contributed by atoms with Gasteiger partial charge >= 0.3 is 0 Å². The molecular formula is C43H69FN2O4S. The van der Waals surface area contributed by atoms with Crippen LogP contribution in [0.4, 0.5) is 4.39 Å². The Bertz CT molecular complexity index is 1260. The number of likely N-dealkylation sites (N-methyl/N-ethyl adjacent to an activating group) is 1. The number of amides is 2. The first kappa shape index (κ1) is 46.2. The first-order valence-corrected chi connectivity index (χ1v) is 19.7. The summed E-state index contributed by atoms with van der Waals surface area (Å²) in [6.07, 6.45) is 19.9. The van der Waals surface area contributed by atoms with Crippen molar-refractivity contribution in [3.63, 3.8) is 0 Å². The number of hydrogen-bond donors (Lipinski definition) is 2. The van der Waals surface area contributed by atoms with E-state index in [4.69, 9.17) is 14.7 Å². The number of ether oxygens (including phenoxy) is 1. The smallest absolute Gasteiger partial charge is 0.224 e. The molecule has 1 aromatic carbocycles. The molecule has 0 saturated heterocycles. The number of nitrogens with two attached hydrogens (primary N) is 1. The first-order chi connectivity index (χ1) is 24.2. The van der Waals surface area contributed by atoms with Crippen molar-refractivity contribution in [2.24, 2.45) is 40.7 Å². The molecule has 3 saturated carbocycles. The van der Waals surface area contributed by atoms with Gasteiger partial charge in [-0.15, -0.1) is 0 Å². The molecule has 2 amide bonds. The third kappa shape index (κ3) is 16.6. The van der Waals surface area contributed by atoms with Gasteiger partial charge in [-0.05, 0) is 123 Å². The number of halogens is 1. The summed E-state index contributed by atoms with van der Waals surface area (Å²) >= 11 is 2.83. The van der Waals surface area contributed by atoms with Gasteiger partial charge in [0.15, 0.2) is 12.5 Å². The zero-order chi connectivity index (χ0) is 38.6. The van der Waals surface area contributed by atoms with Gasteiger partial charge in [0.05, 0.1) is 12.5 Å². The maximum absolute atomic E-state index is 14.8. The van der Waals surface area contributed by atoms with Gasteiger partial charge in [-0.2, -0.15) is 4.21 Å². The predicted molar refractivity (Wildman–Crippen MR) is 213 cm³/mol. The highest BCUT2D eigenvalue weighted by Crippen LogP contribution is 2.46. The van der Waals surface area contributed by atoms with Crippen molar-refractivity contribution in [2.45, 2.75) is 144 Å². The highest BCUT2D eigenvalue weighted by Gasteiger charge is 2.36. The van der Waals surface area contributed by atoms with Crippen LogP contribution in [0.25, 0.3) is 6.08 Å². The number of hydrogen-bond acceptors (Lipinski definition) is 5. The van der Waals surface area contributed by atoms with E-state index in [1.807, 2.05) is 24.3 Å². The molecule has 51 heavy (non-hydrogen) atoms. The van der Waals surface area contributed by atoms with Crippen molar-refractivity contribution in [3.8, 4) is 5.75 Å². The van der Waals surface area contributed by atoms with E-state index in [9.17, 15) is 14.0 Å². The minimum atomic E-state index is -0.249. The number of nitrogens with one attached hydrogen (secondary N) is 1. The van der Waals surface area contributed by atoms with Gasteiger partial charge in [-0.3, -0.25) is 9.59 Å². The molecule has 0 aliphatic heterocycles. The molecule has 3 fully saturated rings. The third-order valence-corrected chi connectivity index (χ3v) is 11.0. The highest BCUT2D eigenvalue weighted by atomic mass is 32.1. The van der Waals surface area contributed by atoms with Crippen LogP contribution in [0.15, 0.2) is 48.3 Å². The number of primary amides is 1. The average molecular weight is 729 g/mol. The van der Waals surface area contributed by atoms with Crippen LogP contribution >= 0.6 is 0 Å². The van der Waals surface area contributed by atoms with Gasteiger partial charge in [0, 0.05) is 18.5 Å². The van der Waals surface area contributed by atoms with Crippen molar-refractivity contribution in [3.05, 3.63) is 59.5 Å². The van der Waals surface area contributed by atoms with Crippen molar-refractivity contribution in [2.75, 3.05) is 7.05 Å². The topological polar surface area (TPSA) is 98.5 Å². The van der Waals surface area contributed by atoms with E-state index in [0.717, 1.165) is 73.7 Å². The number of rotatable bonds is 15. The van der Waals surface area contributed by atoms with E-state index < -0.39 is 0 Å². The average Bonchev–Trinajstić information content (AvgIpc) is 3.57. The predicted octanol–water partition coefficient (Wildman–Crippen LogP) is 10.6. The van der Waals surface area contributed by atoms with Crippen LogP contribution in [-0.4, -0.2) is 29.2 Å². The fourth-order valence-corrected chi connectivity index (χ4v) is 6.83. The Labute approximate surface area is 315 Å². The minimum Gasteiger partial charge on any atom is -0.490 e. The van der Waals surface area contributed by atoms with Gasteiger partial charge in [-0.1, -0.05) is 92.5 Å². The molecule has 0 heterocycles. The number of allylic oxidation sites excluding steroid dienone is 4. The molecular weight excluding hydrogens is 660 g/mol. The van der Waals surface area contributed by atoms with E-state index in [0.29, 0.717) is 16.9 Å². The number of benzene rings is 1. The number of carbonyl (C=O) groups is 2. The summed E-state index contributed by atoms with van der Waals surface area (Å²) in [6, 6.07) is 5.78. The molecule has 288 valence electrons. The first-order valence-electron chi connectivity index (χ1n) is 19.4. The van der Waals surface area contributed by atoms with Crippen LogP contribution in [0.3, 0.4) is 0 Å². The largest absolute Gasteiger partial charge is 0.490 e. The second-order valence-electron chi connectivity index (χ2n) is 15.9. The molecule has 0 aromatic heterocycles. The van der Waals surface area contributed by atoms with E-state index >= 15 is 0 Å². The van der Waals surface area contributed by atoms with Crippen molar-refractivity contribution < 1.29 is 22.9 Å². The van der Waals surface area contributed by atoms with Gasteiger partial charge in [-0.25, -0.2) is 4.39 Å².